The van der Waals surface area contributed by atoms with Crippen LogP contribution in [0.15, 0.2) is 6.20 Å². The van der Waals surface area contributed by atoms with Crippen LogP contribution in [0.1, 0.15) is 31.3 Å². The van der Waals surface area contributed by atoms with Crippen LogP contribution in [-0.4, -0.2) is 46.7 Å². The normalized spacial score (nSPS) is 27.1. The number of imidazole rings is 1. The number of hydrogen-bond acceptors (Lipinski definition) is 3. The monoisotopic (exact) mass is 345 g/mol. The molecule has 3 atom stereocenters. The fourth-order valence-corrected chi connectivity index (χ4v) is 3.62. The lowest BCUT2D eigenvalue weighted by molar-refractivity contribution is -0.141. The van der Waals surface area contributed by atoms with E-state index in [9.17, 15) is 18.0 Å². The van der Waals surface area contributed by atoms with Crippen LogP contribution in [0, 0.1) is 11.8 Å². The standard InChI is InChI=1S/C16H22F3N3O2/c1-10-12(5-6-24-10)15(23)21(2)7-11-3-4-14-20-13(16(17,18)19)9-22(14)8-11/h9-12H,3-8H2,1-2H3/t10-,11+,12-/m0/s1. The van der Waals surface area contributed by atoms with Gasteiger partial charge in [0.15, 0.2) is 5.69 Å². The number of aromatic nitrogens is 2. The molecule has 1 aromatic heterocycles. The van der Waals surface area contributed by atoms with Crippen LogP contribution in [0.5, 0.6) is 0 Å². The fourth-order valence-electron chi connectivity index (χ4n) is 3.62. The average Bonchev–Trinajstić information content (AvgIpc) is 3.11. The van der Waals surface area contributed by atoms with Gasteiger partial charge in [0.25, 0.3) is 0 Å². The Morgan fingerprint density at radius 2 is 2.21 bits per heavy atom. The van der Waals surface area contributed by atoms with Crippen molar-refractivity contribution in [3.05, 3.63) is 17.7 Å². The van der Waals surface area contributed by atoms with E-state index in [-0.39, 0.29) is 23.8 Å². The summed E-state index contributed by atoms with van der Waals surface area (Å²) in [6.45, 7) is 3.52. The molecule has 24 heavy (non-hydrogen) atoms. The highest BCUT2D eigenvalue weighted by atomic mass is 19.4. The first-order chi connectivity index (χ1) is 11.3. The van der Waals surface area contributed by atoms with Crippen LogP contribution in [0.3, 0.4) is 0 Å². The Morgan fingerprint density at radius 1 is 1.46 bits per heavy atom. The van der Waals surface area contributed by atoms with E-state index in [1.807, 2.05) is 6.92 Å². The number of ether oxygens (including phenoxy) is 1. The average molecular weight is 345 g/mol. The second kappa shape index (κ2) is 6.38. The van der Waals surface area contributed by atoms with Crippen molar-refractivity contribution in [2.75, 3.05) is 20.2 Å². The van der Waals surface area contributed by atoms with E-state index in [0.29, 0.717) is 31.9 Å². The molecule has 5 nitrogen and oxygen atoms in total. The maximum atomic E-state index is 12.8. The molecule has 0 saturated carbocycles. The molecular formula is C16H22F3N3O2. The molecule has 0 spiro atoms. The van der Waals surface area contributed by atoms with Crippen LogP contribution in [0.2, 0.25) is 0 Å². The van der Waals surface area contributed by atoms with Crippen molar-refractivity contribution >= 4 is 5.91 Å². The van der Waals surface area contributed by atoms with Crippen molar-refractivity contribution in [1.82, 2.24) is 14.5 Å². The predicted molar refractivity (Wildman–Crippen MR) is 80.2 cm³/mol. The molecule has 1 aromatic rings. The predicted octanol–water partition coefficient (Wildman–Crippen LogP) is 2.35. The number of carbonyl (C=O) groups is 1. The van der Waals surface area contributed by atoms with Gasteiger partial charge in [-0.3, -0.25) is 4.79 Å². The van der Waals surface area contributed by atoms with Gasteiger partial charge in [-0.2, -0.15) is 13.2 Å². The van der Waals surface area contributed by atoms with Gasteiger partial charge in [-0.1, -0.05) is 0 Å². The third-order valence-corrected chi connectivity index (χ3v) is 4.98. The van der Waals surface area contributed by atoms with Gasteiger partial charge >= 0.3 is 6.18 Å². The number of rotatable bonds is 3. The Morgan fingerprint density at radius 3 is 2.83 bits per heavy atom. The third-order valence-electron chi connectivity index (χ3n) is 4.98. The molecule has 8 heteroatoms. The summed E-state index contributed by atoms with van der Waals surface area (Å²) in [6, 6.07) is 0. The van der Waals surface area contributed by atoms with Gasteiger partial charge in [-0.25, -0.2) is 4.98 Å². The fraction of sp³-hybridized carbons (Fsp3) is 0.750. The Balaban J connectivity index is 1.61. The maximum absolute atomic E-state index is 12.8. The molecule has 0 radical (unpaired) electrons. The lowest BCUT2D eigenvalue weighted by Crippen LogP contribution is -2.40. The molecule has 1 saturated heterocycles. The van der Waals surface area contributed by atoms with E-state index in [2.05, 4.69) is 4.98 Å². The first-order valence-corrected chi connectivity index (χ1v) is 8.25. The highest BCUT2D eigenvalue weighted by molar-refractivity contribution is 5.79. The number of alkyl halides is 3. The summed E-state index contributed by atoms with van der Waals surface area (Å²) in [7, 11) is 1.76. The lowest BCUT2D eigenvalue weighted by atomic mass is 9.97. The molecule has 3 heterocycles. The van der Waals surface area contributed by atoms with E-state index < -0.39 is 11.9 Å². The molecule has 0 unspecified atom stereocenters. The van der Waals surface area contributed by atoms with E-state index in [1.54, 1.807) is 16.5 Å². The molecule has 0 aliphatic carbocycles. The van der Waals surface area contributed by atoms with Crippen LogP contribution >= 0.6 is 0 Å². The van der Waals surface area contributed by atoms with Gasteiger partial charge in [0, 0.05) is 39.4 Å². The van der Waals surface area contributed by atoms with Crippen LogP contribution in [0.25, 0.3) is 0 Å². The number of halogens is 3. The van der Waals surface area contributed by atoms with Crippen LogP contribution < -0.4 is 0 Å². The van der Waals surface area contributed by atoms with E-state index >= 15 is 0 Å². The molecule has 2 aliphatic heterocycles. The second-order valence-electron chi connectivity index (χ2n) is 6.79. The summed E-state index contributed by atoms with van der Waals surface area (Å²) >= 11 is 0. The summed E-state index contributed by atoms with van der Waals surface area (Å²) in [5, 5.41) is 0. The first kappa shape index (κ1) is 17.3. The molecule has 1 fully saturated rings. The number of fused-ring (bicyclic) bond motifs is 1. The topological polar surface area (TPSA) is 47.4 Å². The summed E-state index contributed by atoms with van der Waals surface area (Å²) in [5.41, 5.74) is -0.834. The number of nitrogens with zero attached hydrogens (tertiary/aromatic N) is 3. The SMILES string of the molecule is C[C@@H]1OCC[C@@H]1C(=O)N(C)C[C@H]1CCc2nc(C(F)(F)F)cn2C1. The van der Waals surface area contributed by atoms with Gasteiger partial charge in [-0.15, -0.1) is 0 Å². The highest BCUT2D eigenvalue weighted by Gasteiger charge is 2.37. The number of aryl methyl sites for hydroxylation is 1. The second-order valence-corrected chi connectivity index (χ2v) is 6.79. The van der Waals surface area contributed by atoms with Gasteiger partial charge < -0.3 is 14.2 Å². The number of amides is 1. The zero-order valence-corrected chi connectivity index (χ0v) is 13.8. The zero-order valence-electron chi connectivity index (χ0n) is 13.8. The number of hydrogen-bond donors (Lipinski definition) is 0. The van der Waals surface area contributed by atoms with E-state index in [1.165, 1.54) is 0 Å². The van der Waals surface area contributed by atoms with Crippen LogP contribution in [0.4, 0.5) is 13.2 Å². The summed E-state index contributed by atoms with van der Waals surface area (Å²) in [6.07, 6.45) is -1.42. The van der Waals surface area contributed by atoms with Crippen LogP contribution in [-0.2, 0) is 28.7 Å². The highest BCUT2D eigenvalue weighted by Crippen LogP contribution is 2.31. The Bertz CT molecular complexity index is 614. The Labute approximate surface area is 138 Å². The van der Waals surface area contributed by atoms with Gasteiger partial charge in [-0.05, 0) is 25.7 Å². The smallest absolute Gasteiger partial charge is 0.378 e. The van der Waals surface area contributed by atoms with Gasteiger partial charge in [0.1, 0.15) is 5.82 Å². The number of carbonyl (C=O) groups excluding carboxylic acids is 1. The molecule has 0 bridgehead atoms. The van der Waals surface area contributed by atoms with Crippen molar-refractivity contribution in [2.24, 2.45) is 11.8 Å². The van der Waals surface area contributed by atoms with Crippen molar-refractivity contribution in [2.45, 2.75) is 45.0 Å². The Hall–Kier alpha value is -1.57. The van der Waals surface area contributed by atoms with E-state index in [0.717, 1.165) is 19.0 Å². The van der Waals surface area contributed by atoms with Crippen molar-refractivity contribution < 1.29 is 22.7 Å². The molecule has 1 amide bonds. The largest absolute Gasteiger partial charge is 0.434 e. The third kappa shape index (κ3) is 3.43. The molecule has 2 aliphatic rings. The van der Waals surface area contributed by atoms with E-state index in [4.69, 9.17) is 4.74 Å². The van der Waals surface area contributed by atoms with Crippen molar-refractivity contribution in [1.29, 1.82) is 0 Å². The van der Waals surface area contributed by atoms with Gasteiger partial charge in [0.05, 0.1) is 12.0 Å². The first-order valence-electron chi connectivity index (χ1n) is 8.25. The van der Waals surface area contributed by atoms with Gasteiger partial charge in [0.2, 0.25) is 5.91 Å². The van der Waals surface area contributed by atoms with Crippen molar-refractivity contribution in [3.8, 4) is 0 Å². The minimum atomic E-state index is -4.41. The minimum absolute atomic E-state index is 0.0624. The lowest BCUT2D eigenvalue weighted by Gasteiger charge is -2.30. The minimum Gasteiger partial charge on any atom is -0.378 e. The maximum Gasteiger partial charge on any atom is 0.434 e. The molecule has 0 N–H and O–H groups in total. The molecule has 0 aromatic carbocycles. The summed E-state index contributed by atoms with van der Waals surface area (Å²) in [5.74, 6) is 0.566. The molecule has 3 rings (SSSR count). The molecular weight excluding hydrogens is 323 g/mol. The quantitative estimate of drug-likeness (QED) is 0.845. The molecule has 134 valence electrons. The zero-order chi connectivity index (χ0) is 17.5. The Kier molecular flexibility index (Phi) is 4.59. The summed E-state index contributed by atoms with van der Waals surface area (Å²) < 4.78 is 45.3. The van der Waals surface area contributed by atoms with Crippen molar-refractivity contribution in [3.63, 3.8) is 0 Å². The summed E-state index contributed by atoms with van der Waals surface area (Å²) in [4.78, 5) is 17.9.